The number of aromatic nitrogens is 4. The smallest absolute Gasteiger partial charge is 0.263 e. The van der Waals surface area contributed by atoms with Crippen molar-refractivity contribution in [1.82, 2.24) is 19.7 Å². The number of aryl methyl sites for hydroxylation is 1. The van der Waals surface area contributed by atoms with Gasteiger partial charge in [-0.15, -0.1) is 0 Å². The SMILES string of the molecule is CC1CC(N)CN(c2ccncc2NC(=O)c2c(N)oc3cc(-c4cnn(C)c4)cnc23)C1. The van der Waals surface area contributed by atoms with Crippen molar-refractivity contribution in [1.29, 1.82) is 0 Å². The maximum Gasteiger partial charge on any atom is 0.263 e. The number of nitrogens with one attached hydrogen (secondary N) is 1. The maximum absolute atomic E-state index is 13.3. The van der Waals surface area contributed by atoms with E-state index >= 15 is 0 Å². The van der Waals surface area contributed by atoms with Crippen molar-refractivity contribution >= 4 is 34.3 Å². The second-order valence-corrected chi connectivity index (χ2v) is 8.67. The largest absolute Gasteiger partial charge is 0.438 e. The number of nitrogens with zero attached hydrogens (tertiary/aromatic N) is 5. The molecule has 1 saturated heterocycles. The number of carbonyl (C=O) groups is 1. The van der Waals surface area contributed by atoms with Gasteiger partial charge in [-0.25, -0.2) is 0 Å². The molecule has 1 fully saturated rings. The highest BCUT2D eigenvalue weighted by atomic mass is 16.3. The zero-order valence-corrected chi connectivity index (χ0v) is 18.5. The third kappa shape index (κ3) is 4.00. The van der Waals surface area contributed by atoms with Gasteiger partial charge in [0, 0.05) is 55.9 Å². The molecular weight excluding hydrogens is 420 g/mol. The Hall–Kier alpha value is -3.92. The summed E-state index contributed by atoms with van der Waals surface area (Å²) in [5.74, 6) is 0.0611. The second-order valence-electron chi connectivity index (χ2n) is 8.67. The lowest BCUT2D eigenvalue weighted by molar-refractivity contribution is 0.102. The van der Waals surface area contributed by atoms with Crippen LogP contribution >= 0.6 is 0 Å². The molecule has 10 heteroatoms. The van der Waals surface area contributed by atoms with Crippen LogP contribution in [0.25, 0.3) is 22.2 Å². The first-order valence-electron chi connectivity index (χ1n) is 10.8. The molecule has 33 heavy (non-hydrogen) atoms. The van der Waals surface area contributed by atoms with E-state index in [4.69, 9.17) is 15.9 Å². The van der Waals surface area contributed by atoms with Crippen LogP contribution in [0.5, 0.6) is 0 Å². The monoisotopic (exact) mass is 446 g/mol. The van der Waals surface area contributed by atoms with E-state index in [0.29, 0.717) is 29.2 Å². The summed E-state index contributed by atoms with van der Waals surface area (Å²) in [4.78, 5) is 24.1. The minimum Gasteiger partial charge on any atom is -0.438 e. The number of hydrogen-bond donors (Lipinski definition) is 3. The molecule has 10 nitrogen and oxygen atoms in total. The molecule has 0 radical (unpaired) electrons. The summed E-state index contributed by atoms with van der Waals surface area (Å²) in [6.45, 7) is 3.75. The average molecular weight is 447 g/mol. The predicted octanol–water partition coefficient (Wildman–Crippen LogP) is 2.63. The highest BCUT2D eigenvalue weighted by molar-refractivity contribution is 6.15. The van der Waals surface area contributed by atoms with Gasteiger partial charge >= 0.3 is 0 Å². The fourth-order valence-corrected chi connectivity index (χ4v) is 4.48. The van der Waals surface area contributed by atoms with Gasteiger partial charge in [-0.3, -0.25) is 19.4 Å². The summed E-state index contributed by atoms with van der Waals surface area (Å²) in [5.41, 5.74) is 16.5. The minimum absolute atomic E-state index is 0.0115. The molecule has 1 amide bonds. The number of carbonyl (C=O) groups excluding carboxylic acids is 1. The molecule has 0 aliphatic carbocycles. The second kappa shape index (κ2) is 8.21. The molecule has 0 aromatic carbocycles. The Kier molecular flexibility index (Phi) is 5.21. The van der Waals surface area contributed by atoms with Crippen molar-refractivity contribution in [3.63, 3.8) is 0 Å². The number of pyridine rings is 2. The summed E-state index contributed by atoms with van der Waals surface area (Å²) in [7, 11) is 1.84. The first-order valence-corrected chi connectivity index (χ1v) is 10.8. The topological polar surface area (TPSA) is 141 Å². The van der Waals surface area contributed by atoms with E-state index in [9.17, 15) is 4.79 Å². The molecule has 4 aromatic rings. The lowest BCUT2D eigenvalue weighted by Crippen LogP contribution is -2.46. The van der Waals surface area contributed by atoms with Crippen LogP contribution in [0.1, 0.15) is 23.7 Å². The van der Waals surface area contributed by atoms with Crippen molar-refractivity contribution in [2.75, 3.05) is 29.0 Å². The predicted molar refractivity (Wildman–Crippen MR) is 127 cm³/mol. The lowest BCUT2D eigenvalue weighted by Gasteiger charge is -2.37. The molecule has 5 rings (SSSR count). The standard InChI is InChI=1S/C23H26N8O2/c1-13-5-16(24)12-31(10-13)18-3-4-26-9-17(18)29-23(32)20-21-19(33-22(20)25)6-14(7-27-21)15-8-28-30(2)11-15/h3-4,6-9,11,13,16H,5,10,12,24-25H2,1-2H3,(H,29,32). The molecule has 5 heterocycles. The van der Waals surface area contributed by atoms with E-state index in [0.717, 1.165) is 29.8 Å². The number of hydrogen-bond acceptors (Lipinski definition) is 8. The van der Waals surface area contributed by atoms with Gasteiger partial charge in [0.15, 0.2) is 5.58 Å². The molecule has 4 aromatic heterocycles. The normalized spacial score (nSPS) is 18.6. The number of nitrogens with two attached hydrogens (primary N) is 2. The Labute approximate surface area is 190 Å². The summed E-state index contributed by atoms with van der Waals surface area (Å²) >= 11 is 0. The van der Waals surface area contributed by atoms with Gasteiger partial charge in [-0.1, -0.05) is 6.92 Å². The average Bonchev–Trinajstić information content (AvgIpc) is 3.35. The maximum atomic E-state index is 13.3. The molecular formula is C23H26N8O2. The number of amides is 1. The Balaban J connectivity index is 1.45. The van der Waals surface area contributed by atoms with E-state index in [1.165, 1.54) is 0 Å². The molecule has 170 valence electrons. The molecule has 0 saturated carbocycles. The molecule has 0 spiro atoms. The van der Waals surface area contributed by atoms with Crippen molar-refractivity contribution in [3.8, 4) is 11.1 Å². The van der Waals surface area contributed by atoms with E-state index in [1.807, 2.05) is 19.3 Å². The molecule has 2 atom stereocenters. The Morgan fingerprint density at radius 1 is 1.24 bits per heavy atom. The first kappa shape index (κ1) is 21.0. The van der Waals surface area contributed by atoms with Crippen LogP contribution in [0, 0.1) is 5.92 Å². The zero-order chi connectivity index (χ0) is 23.1. The van der Waals surface area contributed by atoms with E-state index in [-0.39, 0.29) is 17.5 Å². The van der Waals surface area contributed by atoms with Crippen LogP contribution < -0.4 is 21.7 Å². The van der Waals surface area contributed by atoms with Gasteiger partial charge < -0.3 is 26.1 Å². The number of fused-ring (bicyclic) bond motifs is 1. The fraction of sp³-hybridized carbons (Fsp3) is 0.304. The van der Waals surface area contributed by atoms with Crippen LogP contribution in [0.15, 0.2) is 47.5 Å². The minimum atomic E-state index is -0.406. The van der Waals surface area contributed by atoms with Crippen molar-refractivity contribution in [2.24, 2.45) is 18.7 Å². The Morgan fingerprint density at radius 2 is 2.09 bits per heavy atom. The van der Waals surface area contributed by atoms with Crippen molar-refractivity contribution in [2.45, 2.75) is 19.4 Å². The number of anilines is 3. The molecule has 2 unspecified atom stereocenters. The highest BCUT2D eigenvalue weighted by Crippen LogP contribution is 2.33. The first-order chi connectivity index (χ1) is 15.9. The quantitative estimate of drug-likeness (QED) is 0.434. The van der Waals surface area contributed by atoms with Gasteiger partial charge in [0.05, 0.1) is 23.8 Å². The Bertz CT molecular complexity index is 1320. The van der Waals surface area contributed by atoms with E-state index in [1.54, 1.807) is 35.5 Å². The Morgan fingerprint density at radius 3 is 2.85 bits per heavy atom. The zero-order valence-electron chi connectivity index (χ0n) is 18.5. The van der Waals surface area contributed by atoms with Crippen LogP contribution in [0.2, 0.25) is 0 Å². The van der Waals surface area contributed by atoms with E-state index in [2.05, 4.69) is 32.2 Å². The fourth-order valence-electron chi connectivity index (χ4n) is 4.48. The summed E-state index contributed by atoms with van der Waals surface area (Å²) < 4.78 is 7.39. The van der Waals surface area contributed by atoms with Gasteiger partial charge in [-0.2, -0.15) is 5.10 Å². The van der Waals surface area contributed by atoms with Crippen LogP contribution in [-0.4, -0.2) is 44.8 Å². The summed E-state index contributed by atoms with van der Waals surface area (Å²) in [5, 5.41) is 7.12. The molecule has 1 aliphatic rings. The number of piperidine rings is 1. The number of rotatable bonds is 4. The van der Waals surface area contributed by atoms with Crippen LogP contribution in [0.4, 0.5) is 17.3 Å². The number of nitrogen functional groups attached to an aromatic ring is 1. The van der Waals surface area contributed by atoms with Gasteiger partial charge in [0.1, 0.15) is 11.1 Å². The molecule has 1 aliphatic heterocycles. The lowest BCUT2D eigenvalue weighted by atomic mass is 9.96. The van der Waals surface area contributed by atoms with Gasteiger partial charge in [0.2, 0.25) is 5.88 Å². The van der Waals surface area contributed by atoms with Crippen molar-refractivity contribution in [3.05, 3.63) is 48.7 Å². The third-order valence-electron chi connectivity index (χ3n) is 5.90. The molecule has 0 bridgehead atoms. The highest BCUT2D eigenvalue weighted by Gasteiger charge is 2.26. The number of furan rings is 1. The van der Waals surface area contributed by atoms with Gasteiger partial charge in [0.25, 0.3) is 5.91 Å². The van der Waals surface area contributed by atoms with E-state index < -0.39 is 5.91 Å². The van der Waals surface area contributed by atoms with Crippen LogP contribution in [-0.2, 0) is 7.05 Å². The van der Waals surface area contributed by atoms with Gasteiger partial charge in [-0.05, 0) is 24.5 Å². The summed E-state index contributed by atoms with van der Waals surface area (Å²) in [6, 6.07) is 3.77. The van der Waals surface area contributed by atoms with Crippen LogP contribution in [0.3, 0.4) is 0 Å². The molecule has 5 N–H and O–H groups in total. The summed E-state index contributed by atoms with van der Waals surface area (Å²) in [6.07, 6.45) is 9.61. The van der Waals surface area contributed by atoms with Crippen molar-refractivity contribution < 1.29 is 9.21 Å². The third-order valence-corrected chi connectivity index (χ3v) is 5.90.